The molecule has 0 aliphatic carbocycles. The van der Waals surface area contributed by atoms with Crippen LogP contribution in [0.2, 0.25) is 0 Å². The van der Waals surface area contributed by atoms with Crippen LogP contribution in [-0.4, -0.2) is 28.6 Å². The predicted molar refractivity (Wildman–Crippen MR) is 148 cm³/mol. The molecule has 1 atom stereocenters. The summed E-state index contributed by atoms with van der Waals surface area (Å²) in [4.78, 5) is 39.1. The Kier molecular flexibility index (Phi) is 8.41. The van der Waals surface area contributed by atoms with E-state index in [0.717, 1.165) is 5.56 Å². The van der Waals surface area contributed by atoms with Crippen LogP contribution >= 0.6 is 0 Å². The second kappa shape index (κ2) is 12.1. The first-order valence-corrected chi connectivity index (χ1v) is 12.6. The highest BCUT2D eigenvalue weighted by atomic mass is 16.5. The number of hydrogen-bond acceptors (Lipinski definition) is 4. The maximum Gasteiger partial charge on any atom is 0.408 e. The van der Waals surface area contributed by atoms with Gasteiger partial charge >= 0.3 is 12.1 Å². The van der Waals surface area contributed by atoms with E-state index < -0.39 is 28.9 Å². The lowest BCUT2D eigenvalue weighted by Gasteiger charge is -2.49. The highest BCUT2D eigenvalue weighted by molar-refractivity contribution is 5.90. The molecule has 0 aromatic heterocycles. The van der Waals surface area contributed by atoms with Gasteiger partial charge in [0.25, 0.3) is 0 Å². The summed E-state index contributed by atoms with van der Waals surface area (Å²) in [5, 5.41) is 13.8. The van der Waals surface area contributed by atoms with E-state index in [0.29, 0.717) is 16.7 Å². The van der Waals surface area contributed by atoms with Crippen LogP contribution in [0.4, 0.5) is 4.79 Å². The molecule has 0 fully saturated rings. The minimum absolute atomic E-state index is 0.0623. The molecule has 0 saturated heterocycles. The Hall–Kier alpha value is -4.91. The maximum atomic E-state index is 13.6. The molecule has 39 heavy (non-hydrogen) atoms. The van der Waals surface area contributed by atoms with Crippen molar-refractivity contribution >= 4 is 18.0 Å². The van der Waals surface area contributed by atoms with Crippen LogP contribution in [-0.2, 0) is 26.3 Å². The third kappa shape index (κ3) is 5.52. The lowest BCUT2D eigenvalue weighted by atomic mass is 9.56. The van der Waals surface area contributed by atoms with E-state index >= 15 is 0 Å². The number of nitrogens with one attached hydrogen (secondary N) is 1. The standard InChI is InChI=1S/C32H30N2O5/c33-28(35)21-22-31(29(36)37,34-30(38)39-23-24-13-5-1-6-14-24)32(25-15-7-2-8-16-25,26-17-9-3-10-18-26)27-19-11-4-12-20-27/h1-20H,21-23H2,(H2,33,35)(H,34,38)(H,36,37). The molecule has 0 saturated carbocycles. The van der Waals surface area contributed by atoms with Crippen LogP contribution in [0.1, 0.15) is 35.1 Å². The van der Waals surface area contributed by atoms with Crippen molar-refractivity contribution in [1.29, 1.82) is 0 Å². The Morgan fingerprint density at radius 3 is 1.49 bits per heavy atom. The van der Waals surface area contributed by atoms with Gasteiger partial charge in [0.15, 0.2) is 5.54 Å². The number of nitrogens with two attached hydrogens (primary N) is 1. The second-order valence-electron chi connectivity index (χ2n) is 9.21. The fraction of sp³-hybridized carbons (Fsp3) is 0.156. The summed E-state index contributed by atoms with van der Waals surface area (Å²) < 4.78 is 5.51. The molecule has 0 aliphatic rings. The third-order valence-electron chi connectivity index (χ3n) is 6.90. The Balaban J connectivity index is 1.98. The Morgan fingerprint density at radius 1 is 0.692 bits per heavy atom. The third-order valence-corrected chi connectivity index (χ3v) is 6.90. The minimum Gasteiger partial charge on any atom is -0.479 e. The van der Waals surface area contributed by atoms with Crippen LogP contribution in [0.25, 0.3) is 0 Å². The molecule has 0 radical (unpaired) electrons. The summed E-state index contributed by atoms with van der Waals surface area (Å²) in [5.41, 5.74) is 4.55. The van der Waals surface area contributed by atoms with Crippen molar-refractivity contribution in [1.82, 2.24) is 5.32 Å². The van der Waals surface area contributed by atoms with Crippen molar-refractivity contribution in [3.8, 4) is 0 Å². The van der Waals surface area contributed by atoms with E-state index in [-0.39, 0.29) is 19.4 Å². The Morgan fingerprint density at radius 2 is 1.10 bits per heavy atom. The van der Waals surface area contributed by atoms with Crippen LogP contribution in [0, 0.1) is 0 Å². The molecule has 7 heteroatoms. The number of carbonyl (C=O) groups is 3. The van der Waals surface area contributed by atoms with Gasteiger partial charge in [-0.25, -0.2) is 9.59 Å². The molecule has 0 heterocycles. The number of amides is 2. The molecule has 4 aromatic carbocycles. The number of aliphatic carboxylic acids is 1. The SMILES string of the molecule is NC(=O)CCC(NC(=O)OCc1ccccc1)(C(=O)O)C(c1ccccc1)(c1ccccc1)c1ccccc1. The van der Waals surface area contributed by atoms with Crippen LogP contribution in [0.15, 0.2) is 121 Å². The number of alkyl carbamates (subject to hydrolysis) is 1. The van der Waals surface area contributed by atoms with Crippen LogP contribution in [0.5, 0.6) is 0 Å². The summed E-state index contributed by atoms with van der Waals surface area (Å²) in [6, 6.07) is 36.3. The fourth-order valence-corrected chi connectivity index (χ4v) is 5.21. The van der Waals surface area contributed by atoms with Gasteiger partial charge in [0, 0.05) is 6.42 Å². The Bertz CT molecular complexity index is 1300. The fourth-order valence-electron chi connectivity index (χ4n) is 5.21. The number of primary amides is 1. The van der Waals surface area contributed by atoms with Gasteiger partial charge in [-0.15, -0.1) is 0 Å². The smallest absolute Gasteiger partial charge is 0.408 e. The number of carboxylic acid groups (broad SMARTS) is 1. The first-order valence-electron chi connectivity index (χ1n) is 12.6. The van der Waals surface area contributed by atoms with Crippen molar-refractivity contribution in [3.63, 3.8) is 0 Å². The number of rotatable bonds is 11. The van der Waals surface area contributed by atoms with Crippen LogP contribution < -0.4 is 11.1 Å². The van der Waals surface area contributed by atoms with Gasteiger partial charge in [0.2, 0.25) is 5.91 Å². The van der Waals surface area contributed by atoms with E-state index in [2.05, 4.69) is 5.32 Å². The topological polar surface area (TPSA) is 119 Å². The lowest BCUT2D eigenvalue weighted by Crippen LogP contribution is -2.68. The normalized spacial score (nSPS) is 12.6. The monoisotopic (exact) mass is 522 g/mol. The number of carbonyl (C=O) groups excluding carboxylic acids is 2. The molecule has 7 nitrogen and oxygen atoms in total. The summed E-state index contributed by atoms with van der Waals surface area (Å²) >= 11 is 0. The average molecular weight is 523 g/mol. The number of hydrogen-bond donors (Lipinski definition) is 3. The quantitative estimate of drug-likeness (QED) is 0.239. The molecule has 0 spiro atoms. The molecule has 4 N–H and O–H groups in total. The molecule has 1 unspecified atom stereocenters. The molecule has 198 valence electrons. The molecule has 4 rings (SSSR count). The molecular weight excluding hydrogens is 492 g/mol. The van der Waals surface area contributed by atoms with Gasteiger partial charge < -0.3 is 20.9 Å². The molecule has 0 aliphatic heterocycles. The van der Waals surface area contributed by atoms with Crippen molar-refractivity contribution in [3.05, 3.63) is 144 Å². The highest BCUT2D eigenvalue weighted by Crippen LogP contribution is 2.49. The van der Waals surface area contributed by atoms with Gasteiger partial charge in [-0.05, 0) is 28.7 Å². The van der Waals surface area contributed by atoms with Crippen molar-refractivity contribution in [2.45, 2.75) is 30.4 Å². The predicted octanol–water partition coefficient (Wildman–Crippen LogP) is 5.04. The van der Waals surface area contributed by atoms with Gasteiger partial charge in [-0.1, -0.05) is 121 Å². The van der Waals surface area contributed by atoms with Crippen molar-refractivity contribution in [2.24, 2.45) is 5.73 Å². The van der Waals surface area contributed by atoms with E-state index in [1.165, 1.54) is 0 Å². The summed E-state index contributed by atoms with van der Waals surface area (Å²) in [6.07, 6.45) is -1.52. The van der Waals surface area contributed by atoms with Crippen LogP contribution in [0.3, 0.4) is 0 Å². The van der Waals surface area contributed by atoms with Crippen molar-refractivity contribution in [2.75, 3.05) is 0 Å². The maximum absolute atomic E-state index is 13.6. The number of carboxylic acids is 1. The minimum atomic E-state index is -2.08. The summed E-state index contributed by atoms with van der Waals surface area (Å²) in [5.74, 6) is -2.03. The lowest BCUT2D eigenvalue weighted by molar-refractivity contribution is -0.147. The first-order chi connectivity index (χ1) is 18.9. The van der Waals surface area contributed by atoms with Gasteiger partial charge in [0.1, 0.15) is 6.61 Å². The van der Waals surface area contributed by atoms with Gasteiger partial charge in [-0.3, -0.25) is 4.79 Å². The van der Waals surface area contributed by atoms with Gasteiger partial charge in [-0.2, -0.15) is 0 Å². The first kappa shape index (κ1) is 27.1. The average Bonchev–Trinajstić information content (AvgIpc) is 2.97. The van der Waals surface area contributed by atoms with E-state index in [1.807, 2.05) is 109 Å². The zero-order valence-electron chi connectivity index (χ0n) is 21.3. The number of ether oxygens (including phenoxy) is 1. The summed E-state index contributed by atoms with van der Waals surface area (Å²) in [7, 11) is 0. The van der Waals surface area contributed by atoms with Crippen molar-refractivity contribution < 1.29 is 24.2 Å². The largest absolute Gasteiger partial charge is 0.479 e. The zero-order chi connectivity index (χ0) is 27.7. The number of benzene rings is 4. The molecular formula is C32H30N2O5. The van der Waals surface area contributed by atoms with Gasteiger partial charge in [0.05, 0.1) is 5.41 Å². The molecule has 4 aromatic rings. The van der Waals surface area contributed by atoms with E-state index in [4.69, 9.17) is 10.5 Å². The van der Waals surface area contributed by atoms with E-state index in [1.54, 1.807) is 12.1 Å². The Labute approximate surface area is 227 Å². The summed E-state index contributed by atoms with van der Waals surface area (Å²) in [6.45, 7) is -0.0623. The molecule has 2 amide bonds. The highest BCUT2D eigenvalue weighted by Gasteiger charge is 2.60. The molecule has 0 bridgehead atoms. The zero-order valence-corrected chi connectivity index (χ0v) is 21.3. The van der Waals surface area contributed by atoms with E-state index in [9.17, 15) is 19.5 Å². The second-order valence-corrected chi connectivity index (χ2v) is 9.21.